The minimum atomic E-state index is -3.19. The molecule has 0 saturated carbocycles. The summed E-state index contributed by atoms with van der Waals surface area (Å²) in [5.41, 5.74) is 1.54. The largest absolute Gasteiger partial charge is 0.334 e. The van der Waals surface area contributed by atoms with Crippen LogP contribution in [0.1, 0.15) is 5.56 Å². The number of amides is 2. The molecule has 0 radical (unpaired) electrons. The van der Waals surface area contributed by atoms with Crippen molar-refractivity contribution in [2.75, 3.05) is 11.6 Å². The second kappa shape index (κ2) is 6.41. The number of rotatable bonds is 4. The summed E-state index contributed by atoms with van der Waals surface area (Å²) in [5.74, 6) is 0. The standard InChI is InChI=1S/C15H16N2O3S/c1-21(19,20)14-9-7-12(8-10-14)11-16-15(18)17-13-5-3-2-4-6-13/h2-10H,11H2,1H3,(H2,16,17,18). The van der Waals surface area contributed by atoms with E-state index in [0.29, 0.717) is 12.2 Å². The molecule has 2 aromatic carbocycles. The zero-order valence-electron chi connectivity index (χ0n) is 11.5. The highest BCUT2D eigenvalue weighted by Gasteiger charge is 2.06. The minimum absolute atomic E-state index is 0.264. The van der Waals surface area contributed by atoms with Gasteiger partial charge in [0.05, 0.1) is 4.90 Å². The van der Waals surface area contributed by atoms with Gasteiger partial charge in [0.25, 0.3) is 0 Å². The lowest BCUT2D eigenvalue weighted by Gasteiger charge is -2.08. The van der Waals surface area contributed by atoms with Crippen molar-refractivity contribution < 1.29 is 13.2 Å². The third-order valence-electron chi connectivity index (χ3n) is 2.84. The van der Waals surface area contributed by atoms with Crippen molar-refractivity contribution in [3.8, 4) is 0 Å². The van der Waals surface area contributed by atoms with E-state index in [0.717, 1.165) is 11.8 Å². The number of carbonyl (C=O) groups is 1. The highest BCUT2D eigenvalue weighted by molar-refractivity contribution is 7.90. The minimum Gasteiger partial charge on any atom is -0.334 e. The Hall–Kier alpha value is -2.34. The van der Waals surface area contributed by atoms with Gasteiger partial charge in [0, 0.05) is 18.5 Å². The van der Waals surface area contributed by atoms with E-state index in [1.54, 1.807) is 24.3 Å². The summed E-state index contributed by atoms with van der Waals surface area (Å²) >= 11 is 0. The molecule has 110 valence electrons. The number of anilines is 1. The predicted molar refractivity (Wildman–Crippen MR) is 81.9 cm³/mol. The molecule has 2 rings (SSSR count). The molecule has 0 heterocycles. The maximum Gasteiger partial charge on any atom is 0.319 e. The van der Waals surface area contributed by atoms with Gasteiger partial charge in [-0.05, 0) is 29.8 Å². The molecule has 0 fully saturated rings. The van der Waals surface area contributed by atoms with E-state index >= 15 is 0 Å². The number of hydrogen-bond acceptors (Lipinski definition) is 3. The number of nitrogens with one attached hydrogen (secondary N) is 2. The zero-order chi connectivity index (χ0) is 15.3. The highest BCUT2D eigenvalue weighted by atomic mass is 32.2. The van der Waals surface area contributed by atoms with Crippen LogP contribution in [0.25, 0.3) is 0 Å². The topological polar surface area (TPSA) is 75.3 Å². The van der Waals surface area contributed by atoms with E-state index in [9.17, 15) is 13.2 Å². The Labute approximate surface area is 123 Å². The fraction of sp³-hybridized carbons (Fsp3) is 0.133. The van der Waals surface area contributed by atoms with E-state index in [1.807, 2.05) is 18.2 Å². The van der Waals surface area contributed by atoms with Gasteiger partial charge in [0.2, 0.25) is 0 Å². The molecule has 21 heavy (non-hydrogen) atoms. The second-order valence-electron chi connectivity index (χ2n) is 4.59. The van der Waals surface area contributed by atoms with Gasteiger partial charge in [-0.2, -0.15) is 0 Å². The first-order valence-corrected chi connectivity index (χ1v) is 8.23. The molecule has 0 spiro atoms. The molecule has 0 aliphatic rings. The highest BCUT2D eigenvalue weighted by Crippen LogP contribution is 2.10. The predicted octanol–water partition coefficient (Wildman–Crippen LogP) is 2.41. The smallest absolute Gasteiger partial charge is 0.319 e. The van der Waals surface area contributed by atoms with Crippen LogP contribution in [0.5, 0.6) is 0 Å². The Morgan fingerprint density at radius 1 is 1.00 bits per heavy atom. The molecule has 5 nitrogen and oxygen atoms in total. The summed E-state index contributed by atoms with van der Waals surface area (Å²) in [7, 11) is -3.19. The van der Waals surface area contributed by atoms with Crippen LogP contribution in [0.15, 0.2) is 59.5 Å². The number of urea groups is 1. The Morgan fingerprint density at radius 3 is 2.19 bits per heavy atom. The lowest BCUT2D eigenvalue weighted by atomic mass is 10.2. The summed E-state index contributed by atoms with van der Waals surface area (Å²) in [6.45, 7) is 0.322. The van der Waals surface area contributed by atoms with Crippen molar-refractivity contribution in [2.45, 2.75) is 11.4 Å². The van der Waals surface area contributed by atoms with Crippen molar-refractivity contribution in [3.05, 3.63) is 60.2 Å². The first kappa shape index (κ1) is 15.1. The lowest BCUT2D eigenvalue weighted by Crippen LogP contribution is -2.28. The van der Waals surface area contributed by atoms with Crippen LogP contribution in [0.4, 0.5) is 10.5 Å². The zero-order valence-corrected chi connectivity index (χ0v) is 12.4. The van der Waals surface area contributed by atoms with Crippen molar-refractivity contribution in [2.24, 2.45) is 0 Å². The van der Waals surface area contributed by atoms with Crippen LogP contribution < -0.4 is 10.6 Å². The summed E-state index contributed by atoms with van der Waals surface area (Å²) in [5, 5.41) is 5.41. The summed E-state index contributed by atoms with van der Waals surface area (Å²) < 4.78 is 22.7. The van der Waals surface area contributed by atoms with E-state index in [2.05, 4.69) is 10.6 Å². The third-order valence-corrected chi connectivity index (χ3v) is 3.96. The molecule has 0 atom stereocenters. The van der Waals surface area contributed by atoms with Crippen LogP contribution in [-0.2, 0) is 16.4 Å². The van der Waals surface area contributed by atoms with Crippen molar-refractivity contribution in [3.63, 3.8) is 0 Å². The van der Waals surface area contributed by atoms with Gasteiger partial charge >= 0.3 is 6.03 Å². The fourth-order valence-electron chi connectivity index (χ4n) is 1.73. The molecule has 0 saturated heterocycles. The molecule has 0 aromatic heterocycles. The van der Waals surface area contributed by atoms with Gasteiger partial charge in [-0.1, -0.05) is 30.3 Å². The number of hydrogen-bond donors (Lipinski definition) is 2. The van der Waals surface area contributed by atoms with Gasteiger partial charge in [-0.3, -0.25) is 0 Å². The van der Waals surface area contributed by atoms with E-state index in [-0.39, 0.29) is 10.9 Å². The summed E-state index contributed by atoms with van der Waals surface area (Å²) in [4.78, 5) is 12.0. The summed E-state index contributed by atoms with van der Waals surface area (Å²) in [6.07, 6.45) is 1.16. The second-order valence-corrected chi connectivity index (χ2v) is 6.61. The molecule has 0 aliphatic heterocycles. The maximum absolute atomic E-state index is 11.7. The average Bonchev–Trinajstić information content (AvgIpc) is 2.46. The Kier molecular flexibility index (Phi) is 4.59. The van der Waals surface area contributed by atoms with E-state index in [4.69, 9.17) is 0 Å². The van der Waals surface area contributed by atoms with Gasteiger partial charge in [0.1, 0.15) is 0 Å². The molecule has 2 amide bonds. The van der Waals surface area contributed by atoms with Crippen molar-refractivity contribution >= 4 is 21.6 Å². The molecular formula is C15H16N2O3S. The molecule has 2 N–H and O–H groups in total. The van der Waals surface area contributed by atoms with Gasteiger partial charge in [0.15, 0.2) is 9.84 Å². The number of carbonyl (C=O) groups excluding carboxylic acids is 1. The molecule has 0 bridgehead atoms. The van der Waals surface area contributed by atoms with Crippen molar-refractivity contribution in [1.82, 2.24) is 5.32 Å². The lowest BCUT2D eigenvalue weighted by molar-refractivity contribution is 0.251. The maximum atomic E-state index is 11.7. The molecule has 2 aromatic rings. The molecule has 6 heteroatoms. The van der Waals surface area contributed by atoms with Gasteiger partial charge < -0.3 is 10.6 Å². The number of benzene rings is 2. The number of sulfone groups is 1. The molecular weight excluding hydrogens is 288 g/mol. The molecule has 0 aliphatic carbocycles. The van der Waals surface area contributed by atoms with Crippen LogP contribution in [0, 0.1) is 0 Å². The molecule has 0 unspecified atom stereocenters. The summed E-state index contributed by atoms with van der Waals surface area (Å²) in [6, 6.07) is 15.2. The Balaban J connectivity index is 1.90. The normalized spacial score (nSPS) is 10.9. The average molecular weight is 304 g/mol. The quantitative estimate of drug-likeness (QED) is 0.911. The van der Waals surface area contributed by atoms with Crippen LogP contribution in [0.2, 0.25) is 0 Å². The van der Waals surface area contributed by atoms with Gasteiger partial charge in [-0.15, -0.1) is 0 Å². The fourth-order valence-corrected chi connectivity index (χ4v) is 2.36. The van der Waals surface area contributed by atoms with Crippen LogP contribution >= 0.6 is 0 Å². The van der Waals surface area contributed by atoms with Gasteiger partial charge in [-0.25, -0.2) is 13.2 Å². The van der Waals surface area contributed by atoms with Crippen molar-refractivity contribution in [1.29, 1.82) is 0 Å². The van der Waals surface area contributed by atoms with E-state index in [1.165, 1.54) is 12.1 Å². The number of para-hydroxylation sites is 1. The Morgan fingerprint density at radius 2 is 1.62 bits per heavy atom. The Bertz CT molecular complexity index is 710. The van der Waals surface area contributed by atoms with E-state index < -0.39 is 9.84 Å². The van der Waals surface area contributed by atoms with Crippen LogP contribution in [-0.4, -0.2) is 20.7 Å². The first-order chi connectivity index (χ1) is 9.95. The SMILES string of the molecule is CS(=O)(=O)c1ccc(CNC(=O)Nc2ccccc2)cc1. The monoisotopic (exact) mass is 304 g/mol. The third kappa shape index (κ3) is 4.61. The van der Waals surface area contributed by atoms with Crippen LogP contribution in [0.3, 0.4) is 0 Å². The first-order valence-electron chi connectivity index (χ1n) is 6.34.